The zero-order chi connectivity index (χ0) is 16.8. The van der Waals surface area contributed by atoms with E-state index >= 15 is 0 Å². The van der Waals surface area contributed by atoms with Crippen molar-refractivity contribution in [2.24, 2.45) is 0 Å². The summed E-state index contributed by atoms with van der Waals surface area (Å²) in [6.07, 6.45) is 0. The predicted octanol–water partition coefficient (Wildman–Crippen LogP) is 2.15. The number of hydrogen-bond donors (Lipinski definition) is 2. The van der Waals surface area contributed by atoms with Gasteiger partial charge in [0.15, 0.2) is 5.13 Å². The van der Waals surface area contributed by atoms with Gasteiger partial charge in [-0.1, -0.05) is 11.3 Å². The summed E-state index contributed by atoms with van der Waals surface area (Å²) in [5, 5.41) is 6.94. The van der Waals surface area contributed by atoms with Gasteiger partial charge in [-0.2, -0.15) is 0 Å². The summed E-state index contributed by atoms with van der Waals surface area (Å²) in [6.45, 7) is 4.74. The van der Waals surface area contributed by atoms with Gasteiger partial charge in [-0.15, -0.1) is 24.8 Å². The number of benzene rings is 1. The molecule has 0 unspecified atom stereocenters. The average Bonchev–Trinajstić information content (AvgIpc) is 3.03. The highest BCUT2D eigenvalue weighted by Crippen LogP contribution is 2.31. The SMILES string of the molecule is COCCNCC(=O)Nc1ccc2nc(N3CCOCC3)sc2c1.Cl.Cl. The molecule has 0 saturated carbocycles. The fraction of sp³-hybridized carbons (Fsp3) is 0.500. The van der Waals surface area contributed by atoms with Gasteiger partial charge in [0.05, 0.1) is 36.6 Å². The van der Waals surface area contributed by atoms with Gasteiger partial charge >= 0.3 is 0 Å². The molecule has 0 atom stereocenters. The van der Waals surface area contributed by atoms with Crippen molar-refractivity contribution >= 4 is 63.1 Å². The van der Waals surface area contributed by atoms with Crippen LogP contribution >= 0.6 is 36.2 Å². The average molecular weight is 423 g/mol. The molecule has 2 aromatic rings. The highest BCUT2D eigenvalue weighted by Gasteiger charge is 2.15. The van der Waals surface area contributed by atoms with Gasteiger partial charge in [-0.3, -0.25) is 4.79 Å². The van der Waals surface area contributed by atoms with E-state index in [0.717, 1.165) is 47.3 Å². The molecule has 1 aliphatic rings. The number of halogens is 2. The van der Waals surface area contributed by atoms with Crippen molar-refractivity contribution in [2.45, 2.75) is 0 Å². The lowest BCUT2D eigenvalue weighted by Crippen LogP contribution is -2.36. The number of anilines is 2. The molecule has 1 amide bonds. The molecule has 0 aliphatic carbocycles. The summed E-state index contributed by atoms with van der Waals surface area (Å²) in [4.78, 5) is 18.8. The Bertz CT molecular complexity index is 695. The Balaban J connectivity index is 0.00000169. The first-order valence-electron chi connectivity index (χ1n) is 7.99. The van der Waals surface area contributed by atoms with Gasteiger partial charge in [-0.25, -0.2) is 4.98 Å². The zero-order valence-electron chi connectivity index (χ0n) is 14.5. The Kier molecular flexibility index (Phi) is 10.1. The number of thiazole rings is 1. The van der Waals surface area contributed by atoms with Crippen molar-refractivity contribution in [3.63, 3.8) is 0 Å². The smallest absolute Gasteiger partial charge is 0.238 e. The van der Waals surface area contributed by atoms with Gasteiger partial charge in [0, 0.05) is 32.4 Å². The van der Waals surface area contributed by atoms with E-state index in [1.165, 1.54) is 0 Å². The predicted molar refractivity (Wildman–Crippen MR) is 111 cm³/mol. The molecule has 2 heterocycles. The molecule has 0 bridgehead atoms. The molecule has 1 aliphatic heterocycles. The molecular weight excluding hydrogens is 399 g/mol. The van der Waals surface area contributed by atoms with E-state index in [0.29, 0.717) is 13.2 Å². The molecule has 0 radical (unpaired) electrons. The summed E-state index contributed by atoms with van der Waals surface area (Å²) < 4.78 is 11.4. The third kappa shape index (κ3) is 6.22. The largest absolute Gasteiger partial charge is 0.383 e. The van der Waals surface area contributed by atoms with E-state index in [2.05, 4.69) is 20.5 Å². The van der Waals surface area contributed by atoms with E-state index in [-0.39, 0.29) is 37.3 Å². The molecule has 7 nitrogen and oxygen atoms in total. The molecule has 1 aromatic heterocycles. The van der Waals surface area contributed by atoms with Crippen molar-refractivity contribution in [3.05, 3.63) is 18.2 Å². The van der Waals surface area contributed by atoms with Crippen LogP contribution in [0.25, 0.3) is 10.2 Å². The monoisotopic (exact) mass is 422 g/mol. The maximum absolute atomic E-state index is 11.9. The Morgan fingerprint density at radius 1 is 1.35 bits per heavy atom. The number of morpholine rings is 1. The lowest BCUT2D eigenvalue weighted by Gasteiger charge is -2.25. The summed E-state index contributed by atoms with van der Waals surface area (Å²) in [5.74, 6) is -0.0663. The molecule has 3 rings (SSSR count). The summed E-state index contributed by atoms with van der Waals surface area (Å²) in [6, 6.07) is 5.81. The number of fused-ring (bicyclic) bond motifs is 1. The van der Waals surface area contributed by atoms with Crippen molar-refractivity contribution in [3.8, 4) is 0 Å². The second-order valence-corrected chi connectivity index (χ2v) is 6.51. The highest BCUT2D eigenvalue weighted by atomic mass is 35.5. The van der Waals surface area contributed by atoms with Crippen molar-refractivity contribution < 1.29 is 14.3 Å². The zero-order valence-corrected chi connectivity index (χ0v) is 17.0. The number of carbonyl (C=O) groups excluding carboxylic acids is 1. The lowest BCUT2D eigenvalue weighted by atomic mass is 10.3. The van der Waals surface area contributed by atoms with Gasteiger partial charge in [-0.05, 0) is 18.2 Å². The first kappa shape index (κ1) is 22.9. The number of rotatable bonds is 7. The number of hydrogen-bond acceptors (Lipinski definition) is 7. The van der Waals surface area contributed by atoms with Crippen LogP contribution in [0.2, 0.25) is 0 Å². The normalized spacial score (nSPS) is 13.8. The number of aromatic nitrogens is 1. The third-order valence-electron chi connectivity index (χ3n) is 3.71. The maximum atomic E-state index is 11.9. The lowest BCUT2D eigenvalue weighted by molar-refractivity contribution is -0.115. The van der Waals surface area contributed by atoms with Gasteiger partial charge in [0.2, 0.25) is 5.91 Å². The van der Waals surface area contributed by atoms with Crippen LogP contribution in [0, 0.1) is 0 Å². The molecule has 1 saturated heterocycles. The molecule has 1 fully saturated rings. The van der Waals surface area contributed by atoms with Crippen molar-refractivity contribution in [1.82, 2.24) is 10.3 Å². The topological polar surface area (TPSA) is 75.7 Å². The van der Waals surface area contributed by atoms with E-state index < -0.39 is 0 Å². The van der Waals surface area contributed by atoms with Gasteiger partial charge in [0.25, 0.3) is 0 Å². The number of ether oxygens (including phenoxy) is 2. The molecule has 0 spiro atoms. The van der Waals surface area contributed by atoms with Crippen LogP contribution in [0.3, 0.4) is 0 Å². The minimum Gasteiger partial charge on any atom is -0.383 e. The fourth-order valence-corrected chi connectivity index (χ4v) is 3.52. The Labute approximate surface area is 169 Å². The van der Waals surface area contributed by atoms with Crippen LogP contribution in [0.4, 0.5) is 10.8 Å². The number of carbonyl (C=O) groups is 1. The quantitative estimate of drug-likeness (QED) is 0.665. The number of nitrogens with zero attached hydrogens (tertiary/aromatic N) is 2. The minimum atomic E-state index is -0.0663. The van der Waals surface area contributed by atoms with Crippen molar-refractivity contribution in [1.29, 1.82) is 0 Å². The van der Waals surface area contributed by atoms with Gasteiger partial charge in [0.1, 0.15) is 0 Å². The van der Waals surface area contributed by atoms with Crippen LogP contribution in [0.1, 0.15) is 0 Å². The number of methoxy groups -OCH3 is 1. The molecular formula is C16H24Cl2N4O3S. The Morgan fingerprint density at radius 2 is 2.12 bits per heavy atom. The summed E-state index contributed by atoms with van der Waals surface area (Å²) >= 11 is 1.65. The van der Waals surface area contributed by atoms with E-state index in [4.69, 9.17) is 9.47 Å². The Morgan fingerprint density at radius 3 is 2.85 bits per heavy atom. The second kappa shape index (κ2) is 11.5. The van der Waals surface area contributed by atoms with Crippen LogP contribution in [-0.2, 0) is 14.3 Å². The van der Waals surface area contributed by atoms with E-state index in [1.807, 2.05) is 18.2 Å². The van der Waals surface area contributed by atoms with Gasteiger partial charge < -0.3 is 25.0 Å². The molecule has 10 heteroatoms. The van der Waals surface area contributed by atoms with Crippen LogP contribution in [0.5, 0.6) is 0 Å². The molecule has 146 valence electrons. The first-order chi connectivity index (χ1) is 11.8. The fourth-order valence-electron chi connectivity index (χ4n) is 2.46. The second-order valence-electron chi connectivity index (χ2n) is 5.50. The minimum absolute atomic E-state index is 0. The van der Waals surface area contributed by atoms with E-state index in [1.54, 1.807) is 18.4 Å². The first-order valence-corrected chi connectivity index (χ1v) is 8.81. The molecule has 2 N–H and O–H groups in total. The molecule has 26 heavy (non-hydrogen) atoms. The van der Waals surface area contributed by atoms with E-state index in [9.17, 15) is 4.79 Å². The summed E-state index contributed by atoms with van der Waals surface area (Å²) in [7, 11) is 1.64. The van der Waals surface area contributed by atoms with Crippen LogP contribution < -0.4 is 15.5 Å². The molecule has 1 aromatic carbocycles. The Hall–Kier alpha value is -1.16. The number of amides is 1. The third-order valence-corrected chi connectivity index (χ3v) is 4.79. The van der Waals surface area contributed by atoms with Crippen LogP contribution in [0.15, 0.2) is 18.2 Å². The van der Waals surface area contributed by atoms with Crippen LogP contribution in [-0.4, -0.2) is 64.0 Å². The maximum Gasteiger partial charge on any atom is 0.238 e. The highest BCUT2D eigenvalue weighted by molar-refractivity contribution is 7.22. The van der Waals surface area contributed by atoms with Crippen molar-refractivity contribution in [2.75, 3.05) is 63.3 Å². The standard InChI is InChI=1S/C16H22N4O3S.2ClH/c1-22-7-4-17-11-15(21)18-12-2-3-13-14(10-12)24-16(19-13)20-5-8-23-9-6-20;;/h2-3,10,17H,4-9,11H2,1H3,(H,18,21);2*1H. The number of nitrogens with one attached hydrogen (secondary N) is 2. The summed E-state index contributed by atoms with van der Waals surface area (Å²) in [5.41, 5.74) is 1.75.